The molecule has 1 aliphatic heterocycles. The van der Waals surface area contributed by atoms with Gasteiger partial charge in [-0.2, -0.15) is 20.0 Å². The Labute approximate surface area is 115 Å². The SMILES string of the molecule is CSC1=NN1C(=O)c1nc(N(C)C)nc(N(C)C)n1. The van der Waals surface area contributed by atoms with E-state index in [0.29, 0.717) is 17.1 Å². The molecule has 19 heavy (non-hydrogen) atoms. The van der Waals surface area contributed by atoms with Crippen LogP contribution < -0.4 is 9.80 Å². The number of amides is 1. The molecule has 0 atom stereocenters. The fraction of sp³-hybridized carbons (Fsp3) is 0.500. The van der Waals surface area contributed by atoms with E-state index in [2.05, 4.69) is 20.1 Å². The number of thioether (sulfide) groups is 1. The molecule has 2 heterocycles. The Kier molecular flexibility index (Phi) is 3.56. The quantitative estimate of drug-likeness (QED) is 0.777. The molecular formula is C10H15N7OS. The summed E-state index contributed by atoms with van der Waals surface area (Å²) in [7, 11) is 7.24. The Balaban J connectivity index is 2.32. The van der Waals surface area contributed by atoms with Crippen molar-refractivity contribution in [3.05, 3.63) is 5.82 Å². The molecule has 0 unspecified atom stereocenters. The first-order chi connectivity index (χ1) is 8.93. The summed E-state index contributed by atoms with van der Waals surface area (Å²) in [5, 5.41) is 5.89. The van der Waals surface area contributed by atoms with Gasteiger partial charge >= 0.3 is 5.91 Å². The van der Waals surface area contributed by atoms with Gasteiger partial charge in [0.2, 0.25) is 22.9 Å². The smallest absolute Gasteiger partial charge is 0.318 e. The van der Waals surface area contributed by atoms with Gasteiger partial charge in [0.05, 0.1) is 0 Å². The highest BCUT2D eigenvalue weighted by atomic mass is 32.2. The third kappa shape index (κ3) is 2.75. The average Bonchev–Trinajstić information content (AvgIpc) is 3.16. The van der Waals surface area contributed by atoms with Gasteiger partial charge in [0.15, 0.2) is 0 Å². The van der Waals surface area contributed by atoms with Gasteiger partial charge in [-0.3, -0.25) is 4.79 Å². The van der Waals surface area contributed by atoms with Crippen molar-refractivity contribution >= 4 is 34.7 Å². The van der Waals surface area contributed by atoms with Gasteiger partial charge in [-0.1, -0.05) is 11.8 Å². The Morgan fingerprint density at radius 1 is 1.05 bits per heavy atom. The minimum Gasteiger partial charge on any atom is -0.347 e. The molecule has 102 valence electrons. The molecule has 1 amide bonds. The maximum Gasteiger partial charge on any atom is 0.318 e. The van der Waals surface area contributed by atoms with Crippen LogP contribution in [0, 0.1) is 0 Å². The zero-order chi connectivity index (χ0) is 14.2. The number of nitrogens with zero attached hydrogens (tertiary/aromatic N) is 7. The van der Waals surface area contributed by atoms with Crippen LogP contribution in [0.1, 0.15) is 10.6 Å². The van der Waals surface area contributed by atoms with Crippen LogP contribution in [0.2, 0.25) is 0 Å². The molecule has 0 saturated carbocycles. The van der Waals surface area contributed by atoms with Gasteiger partial charge in [-0.05, 0) is 6.26 Å². The average molecular weight is 281 g/mol. The lowest BCUT2D eigenvalue weighted by atomic mass is 10.5. The highest BCUT2D eigenvalue weighted by molar-refractivity contribution is 8.13. The predicted octanol–water partition coefficient (Wildman–Crippen LogP) is 0.0934. The molecule has 0 radical (unpaired) electrons. The zero-order valence-corrected chi connectivity index (χ0v) is 12.3. The molecule has 0 aliphatic carbocycles. The highest BCUT2D eigenvalue weighted by Gasteiger charge is 2.34. The second-order valence-corrected chi connectivity index (χ2v) is 5.02. The molecule has 9 heteroatoms. The van der Waals surface area contributed by atoms with E-state index in [9.17, 15) is 4.79 Å². The van der Waals surface area contributed by atoms with Crippen molar-refractivity contribution in [1.29, 1.82) is 0 Å². The number of carbonyl (C=O) groups excluding carboxylic acids is 1. The highest BCUT2D eigenvalue weighted by Crippen LogP contribution is 2.22. The summed E-state index contributed by atoms with van der Waals surface area (Å²) >= 11 is 1.41. The van der Waals surface area contributed by atoms with Crippen LogP contribution in [-0.4, -0.2) is 65.5 Å². The molecular weight excluding hydrogens is 266 g/mol. The zero-order valence-electron chi connectivity index (χ0n) is 11.4. The minimum absolute atomic E-state index is 0.0928. The van der Waals surface area contributed by atoms with Gasteiger partial charge in [-0.25, -0.2) is 0 Å². The second-order valence-electron chi connectivity index (χ2n) is 4.25. The second kappa shape index (κ2) is 5.00. The van der Waals surface area contributed by atoms with E-state index in [1.807, 2.05) is 34.4 Å². The number of hydrazone groups is 1. The number of aromatic nitrogens is 3. The standard InChI is InChI=1S/C10H15N7OS/c1-15(2)8-11-6(12-9(13-8)16(3)4)7(18)17-10(14-17)19-5/h1-5H3. The van der Waals surface area contributed by atoms with Crippen molar-refractivity contribution in [2.45, 2.75) is 0 Å². The first-order valence-electron chi connectivity index (χ1n) is 5.52. The van der Waals surface area contributed by atoms with Crippen LogP contribution in [0.3, 0.4) is 0 Å². The van der Waals surface area contributed by atoms with E-state index in [4.69, 9.17) is 0 Å². The van der Waals surface area contributed by atoms with Gasteiger partial charge < -0.3 is 9.80 Å². The lowest BCUT2D eigenvalue weighted by Crippen LogP contribution is -2.24. The van der Waals surface area contributed by atoms with Crippen LogP contribution in [0.25, 0.3) is 0 Å². The molecule has 0 aromatic carbocycles. The molecule has 8 nitrogen and oxygen atoms in total. The molecule has 0 fully saturated rings. The molecule has 0 saturated heterocycles. The minimum atomic E-state index is -0.335. The van der Waals surface area contributed by atoms with Crippen molar-refractivity contribution in [2.75, 3.05) is 44.2 Å². The van der Waals surface area contributed by atoms with Gasteiger partial charge in [0, 0.05) is 28.2 Å². The summed E-state index contributed by atoms with van der Waals surface area (Å²) in [6, 6.07) is 0. The van der Waals surface area contributed by atoms with Crippen LogP contribution in [0.4, 0.5) is 11.9 Å². The molecule has 1 aromatic rings. The van der Waals surface area contributed by atoms with E-state index in [0.717, 1.165) is 0 Å². The maximum atomic E-state index is 12.1. The number of anilines is 2. The third-order valence-corrected chi connectivity index (χ3v) is 2.93. The Morgan fingerprint density at radius 2 is 1.58 bits per heavy atom. The Hall–Kier alpha value is -1.90. The van der Waals surface area contributed by atoms with E-state index in [-0.39, 0.29) is 11.7 Å². The molecule has 0 spiro atoms. The fourth-order valence-electron chi connectivity index (χ4n) is 1.27. The third-order valence-electron chi connectivity index (χ3n) is 2.31. The summed E-state index contributed by atoms with van der Waals surface area (Å²) in [5.74, 6) is 0.636. The number of carbonyl (C=O) groups is 1. The van der Waals surface area contributed by atoms with Crippen molar-refractivity contribution < 1.29 is 4.79 Å². The number of rotatable bonds is 3. The molecule has 1 aromatic heterocycles. The topological polar surface area (TPSA) is 77.6 Å². The summed E-state index contributed by atoms with van der Waals surface area (Å²) in [5.41, 5.74) is 0. The largest absolute Gasteiger partial charge is 0.347 e. The summed E-state index contributed by atoms with van der Waals surface area (Å²) in [4.78, 5) is 28.1. The first-order valence-corrected chi connectivity index (χ1v) is 6.74. The lowest BCUT2D eigenvalue weighted by Gasteiger charge is -2.15. The normalized spacial score (nSPS) is 13.1. The maximum absolute atomic E-state index is 12.1. The van der Waals surface area contributed by atoms with Crippen LogP contribution in [0.5, 0.6) is 0 Å². The van der Waals surface area contributed by atoms with E-state index >= 15 is 0 Å². The number of hydrogen-bond donors (Lipinski definition) is 0. The van der Waals surface area contributed by atoms with Crippen molar-refractivity contribution in [3.8, 4) is 0 Å². The van der Waals surface area contributed by atoms with Gasteiger partial charge in [0.25, 0.3) is 0 Å². The van der Waals surface area contributed by atoms with E-state index < -0.39 is 0 Å². The Morgan fingerprint density at radius 3 is 1.95 bits per heavy atom. The first kappa shape index (κ1) is 13.5. The van der Waals surface area contributed by atoms with Crippen molar-refractivity contribution in [1.82, 2.24) is 20.0 Å². The van der Waals surface area contributed by atoms with E-state index in [1.54, 1.807) is 9.80 Å². The summed E-state index contributed by atoms with van der Waals surface area (Å²) < 4.78 is 0. The fourth-order valence-corrected chi connectivity index (χ4v) is 1.69. The summed E-state index contributed by atoms with van der Waals surface area (Å²) in [6.45, 7) is 0. The van der Waals surface area contributed by atoms with Gasteiger partial charge in [0.1, 0.15) is 0 Å². The molecule has 1 aliphatic rings. The van der Waals surface area contributed by atoms with Crippen LogP contribution in [-0.2, 0) is 0 Å². The van der Waals surface area contributed by atoms with Gasteiger partial charge in [-0.15, -0.1) is 5.10 Å². The number of hydrogen-bond acceptors (Lipinski definition) is 8. The number of amidine groups is 1. The molecule has 0 bridgehead atoms. The predicted molar refractivity (Wildman–Crippen MR) is 75.6 cm³/mol. The van der Waals surface area contributed by atoms with Crippen LogP contribution >= 0.6 is 11.8 Å². The van der Waals surface area contributed by atoms with Crippen molar-refractivity contribution in [3.63, 3.8) is 0 Å². The van der Waals surface area contributed by atoms with Crippen LogP contribution in [0.15, 0.2) is 5.10 Å². The van der Waals surface area contributed by atoms with E-state index in [1.165, 1.54) is 16.8 Å². The van der Waals surface area contributed by atoms with Crippen molar-refractivity contribution in [2.24, 2.45) is 5.10 Å². The molecule has 2 rings (SSSR count). The lowest BCUT2D eigenvalue weighted by molar-refractivity contribution is 0.0877. The Bertz CT molecular complexity index is 516. The summed E-state index contributed by atoms with van der Waals surface area (Å²) in [6.07, 6.45) is 1.86. The monoisotopic (exact) mass is 281 g/mol. The molecule has 0 N–H and O–H groups in total.